The van der Waals surface area contributed by atoms with Gasteiger partial charge in [-0.3, -0.25) is 9.89 Å². The summed E-state index contributed by atoms with van der Waals surface area (Å²) in [6.45, 7) is 0.514. The fourth-order valence-corrected chi connectivity index (χ4v) is 2.88. The first kappa shape index (κ1) is 19.1. The van der Waals surface area contributed by atoms with Crippen molar-refractivity contribution in [2.45, 2.75) is 13.2 Å². The Morgan fingerprint density at radius 3 is 2.57 bits per heavy atom. The van der Waals surface area contributed by atoms with E-state index < -0.39 is 6.09 Å². The lowest BCUT2D eigenvalue weighted by Crippen LogP contribution is -2.23. The molecule has 0 spiro atoms. The van der Waals surface area contributed by atoms with Gasteiger partial charge >= 0.3 is 6.09 Å². The Kier molecular flexibility index (Phi) is 5.66. The second-order valence-electron chi connectivity index (χ2n) is 6.56. The molecule has 0 aliphatic heterocycles. The predicted molar refractivity (Wildman–Crippen MR) is 112 cm³/mol. The van der Waals surface area contributed by atoms with Crippen LogP contribution in [0.2, 0.25) is 0 Å². The van der Waals surface area contributed by atoms with Gasteiger partial charge in [0.15, 0.2) is 5.65 Å². The maximum atomic E-state index is 12.5. The number of benzene rings is 2. The Hall–Kier alpha value is -4.20. The molecule has 2 amide bonds. The zero-order valence-electron chi connectivity index (χ0n) is 16.0. The summed E-state index contributed by atoms with van der Waals surface area (Å²) < 4.78 is 5.18. The van der Waals surface area contributed by atoms with E-state index in [1.807, 2.05) is 30.3 Å². The molecule has 2 aromatic carbocycles. The summed E-state index contributed by atoms with van der Waals surface area (Å²) in [7, 11) is 0. The van der Waals surface area contributed by atoms with E-state index in [4.69, 9.17) is 4.74 Å². The smallest absolute Gasteiger partial charge is 0.407 e. The SMILES string of the molecule is O=C(NCc1ccc(C(=O)Nc2ccnc3[nH]ncc23)cc1)OCc1ccccc1. The summed E-state index contributed by atoms with van der Waals surface area (Å²) in [6, 6.07) is 18.2. The molecule has 8 nitrogen and oxygen atoms in total. The summed E-state index contributed by atoms with van der Waals surface area (Å²) in [6.07, 6.45) is 2.72. The second kappa shape index (κ2) is 8.87. The number of ether oxygens (including phenoxy) is 1. The number of anilines is 1. The third-order valence-corrected chi connectivity index (χ3v) is 4.47. The number of nitrogens with zero attached hydrogens (tertiary/aromatic N) is 2. The van der Waals surface area contributed by atoms with Crippen LogP contribution in [0.25, 0.3) is 11.0 Å². The van der Waals surface area contributed by atoms with Gasteiger partial charge in [-0.1, -0.05) is 42.5 Å². The van der Waals surface area contributed by atoms with Crippen LogP contribution in [0.1, 0.15) is 21.5 Å². The quantitative estimate of drug-likeness (QED) is 0.457. The topological polar surface area (TPSA) is 109 Å². The van der Waals surface area contributed by atoms with Crippen molar-refractivity contribution in [1.82, 2.24) is 20.5 Å². The van der Waals surface area contributed by atoms with Gasteiger partial charge < -0.3 is 15.4 Å². The highest BCUT2D eigenvalue weighted by Crippen LogP contribution is 2.20. The molecule has 30 heavy (non-hydrogen) atoms. The molecule has 0 atom stereocenters. The lowest BCUT2D eigenvalue weighted by Gasteiger charge is -2.09. The summed E-state index contributed by atoms with van der Waals surface area (Å²) >= 11 is 0. The molecule has 150 valence electrons. The van der Waals surface area contributed by atoms with Gasteiger partial charge in [-0.2, -0.15) is 5.10 Å². The van der Waals surface area contributed by atoms with Crippen molar-refractivity contribution in [3.8, 4) is 0 Å². The molecular weight excluding hydrogens is 382 g/mol. The average Bonchev–Trinajstić information content (AvgIpc) is 3.27. The van der Waals surface area contributed by atoms with Gasteiger partial charge in [0.25, 0.3) is 5.91 Å². The second-order valence-corrected chi connectivity index (χ2v) is 6.56. The molecule has 4 rings (SSSR count). The van der Waals surface area contributed by atoms with Crippen LogP contribution in [-0.2, 0) is 17.9 Å². The number of hydrogen-bond acceptors (Lipinski definition) is 5. The van der Waals surface area contributed by atoms with E-state index in [1.54, 1.807) is 42.7 Å². The molecule has 0 aliphatic carbocycles. The van der Waals surface area contributed by atoms with Crippen LogP contribution in [-0.4, -0.2) is 27.2 Å². The number of H-pyrrole nitrogens is 1. The number of aromatic nitrogens is 3. The molecule has 2 heterocycles. The number of aromatic amines is 1. The standard InChI is InChI=1S/C22H19N5O3/c28-21(26-19-10-11-23-20-18(19)13-25-27-20)17-8-6-15(7-9-17)12-24-22(29)30-14-16-4-2-1-3-5-16/h1-11,13H,12,14H2,(H,24,29)(H2,23,25,26,27,28). The number of carbonyl (C=O) groups excluding carboxylic acids is 2. The predicted octanol–water partition coefficient (Wildman–Crippen LogP) is 3.64. The van der Waals surface area contributed by atoms with Gasteiger partial charge in [-0.15, -0.1) is 0 Å². The summed E-state index contributed by atoms with van der Waals surface area (Å²) in [4.78, 5) is 28.5. The number of nitrogens with one attached hydrogen (secondary N) is 3. The van der Waals surface area contributed by atoms with Gasteiger partial charge in [0.2, 0.25) is 0 Å². The van der Waals surface area contributed by atoms with Crippen LogP contribution in [0.4, 0.5) is 10.5 Å². The van der Waals surface area contributed by atoms with Crippen LogP contribution < -0.4 is 10.6 Å². The first-order valence-corrected chi connectivity index (χ1v) is 9.32. The molecule has 0 bridgehead atoms. The Morgan fingerprint density at radius 2 is 1.77 bits per heavy atom. The first-order chi connectivity index (χ1) is 14.7. The zero-order valence-corrected chi connectivity index (χ0v) is 16.0. The monoisotopic (exact) mass is 401 g/mol. The normalized spacial score (nSPS) is 10.5. The largest absolute Gasteiger partial charge is 0.445 e. The summed E-state index contributed by atoms with van der Waals surface area (Å²) in [5, 5.41) is 13.0. The van der Waals surface area contributed by atoms with Crippen LogP contribution in [0.15, 0.2) is 73.1 Å². The molecule has 8 heteroatoms. The van der Waals surface area contributed by atoms with E-state index in [9.17, 15) is 9.59 Å². The molecular formula is C22H19N5O3. The molecule has 0 radical (unpaired) electrons. The lowest BCUT2D eigenvalue weighted by molar-refractivity contribution is 0.102. The van der Waals surface area contributed by atoms with Crippen molar-refractivity contribution in [2.24, 2.45) is 0 Å². The van der Waals surface area contributed by atoms with Crippen LogP contribution in [0.5, 0.6) is 0 Å². The van der Waals surface area contributed by atoms with Crippen molar-refractivity contribution in [1.29, 1.82) is 0 Å². The van der Waals surface area contributed by atoms with E-state index >= 15 is 0 Å². The number of pyridine rings is 1. The van der Waals surface area contributed by atoms with Gasteiger partial charge in [-0.25, -0.2) is 9.78 Å². The first-order valence-electron chi connectivity index (χ1n) is 9.32. The van der Waals surface area contributed by atoms with E-state index in [0.29, 0.717) is 23.4 Å². The Morgan fingerprint density at radius 1 is 0.967 bits per heavy atom. The highest BCUT2D eigenvalue weighted by Gasteiger charge is 2.10. The van der Waals surface area contributed by atoms with Gasteiger partial charge in [-0.05, 0) is 29.3 Å². The van der Waals surface area contributed by atoms with Crippen molar-refractivity contribution < 1.29 is 14.3 Å². The molecule has 2 aromatic heterocycles. The molecule has 0 aliphatic rings. The van der Waals surface area contributed by atoms with Crippen molar-refractivity contribution in [2.75, 3.05) is 5.32 Å². The number of alkyl carbamates (subject to hydrolysis) is 1. The number of hydrogen-bond donors (Lipinski definition) is 3. The maximum Gasteiger partial charge on any atom is 0.407 e. The van der Waals surface area contributed by atoms with Crippen molar-refractivity contribution in [3.63, 3.8) is 0 Å². The van der Waals surface area contributed by atoms with Gasteiger partial charge in [0.1, 0.15) is 6.61 Å². The minimum Gasteiger partial charge on any atom is -0.445 e. The van der Waals surface area contributed by atoms with E-state index in [-0.39, 0.29) is 12.5 Å². The third-order valence-electron chi connectivity index (χ3n) is 4.47. The minimum absolute atomic E-state index is 0.213. The van der Waals surface area contributed by atoms with Crippen LogP contribution in [0.3, 0.4) is 0 Å². The fourth-order valence-electron chi connectivity index (χ4n) is 2.88. The summed E-state index contributed by atoms with van der Waals surface area (Å²) in [5.41, 5.74) is 3.51. The van der Waals surface area contributed by atoms with Crippen molar-refractivity contribution in [3.05, 3.63) is 89.7 Å². The van der Waals surface area contributed by atoms with Crippen LogP contribution >= 0.6 is 0 Å². The zero-order chi connectivity index (χ0) is 20.8. The van der Waals surface area contributed by atoms with Crippen molar-refractivity contribution >= 4 is 28.7 Å². The number of amides is 2. The maximum absolute atomic E-state index is 12.5. The molecule has 0 unspecified atom stereocenters. The molecule has 0 saturated carbocycles. The number of rotatable bonds is 6. The highest BCUT2D eigenvalue weighted by atomic mass is 16.5. The van der Waals surface area contributed by atoms with E-state index in [0.717, 1.165) is 16.5 Å². The van der Waals surface area contributed by atoms with E-state index in [2.05, 4.69) is 25.8 Å². The highest BCUT2D eigenvalue weighted by molar-refractivity contribution is 6.08. The molecule has 0 saturated heterocycles. The Labute approximate surface area is 172 Å². The Balaban J connectivity index is 1.29. The summed E-state index contributed by atoms with van der Waals surface area (Å²) in [5.74, 6) is -0.245. The number of fused-ring (bicyclic) bond motifs is 1. The molecule has 0 fully saturated rings. The van der Waals surface area contributed by atoms with Crippen LogP contribution in [0, 0.1) is 0 Å². The third kappa shape index (κ3) is 4.61. The average molecular weight is 401 g/mol. The van der Waals surface area contributed by atoms with Gasteiger partial charge in [0.05, 0.1) is 17.3 Å². The number of carbonyl (C=O) groups is 2. The Bertz CT molecular complexity index is 1160. The molecule has 4 aromatic rings. The fraction of sp³-hybridized carbons (Fsp3) is 0.0909. The van der Waals surface area contributed by atoms with E-state index in [1.165, 1.54) is 0 Å². The minimum atomic E-state index is -0.498. The molecule has 3 N–H and O–H groups in total. The lowest BCUT2D eigenvalue weighted by atomic mass is 10.1. The van der Waals surface area contributed by atoms with Gasteiger partial charge in [0, 0.05) is 18.3 Å².